The van der Waals surface area contributed by atoms with Crippen molar-refractivity contribution in [2.45, 2.75) is 19.8 Å². The average Bonchev–Trinajstić information content (AvgIpc) is 2.85. The number of halogens is 1. The second-order valence-corrected chi connectivity index (χ2v) is 4.61. The van der Waals surface area contributed by atoms with E-state index < -0.39 is 0 Å². The van der Waals surface area contributed by atoms with Crippen LogP contribution in [-0.2, 0) is 0 Å². The van der Waals surface area contributed by atoms with Gasteiger partial charge in [0.2, 0.25) is 11.7 Å². The molecular weight excluding hydrogens is 250 g/mol. The van der Waals surface area contributed by atoms with E-state index in [0.717, 1.165) is 18.7 Å². The maximum atomic E-state index is 5.94. The zero-order chi connectivity index (χ0) is 13.0. The van der Waals surface area contributed by atoms with Gasteiger partial charge in [0.1, 0.15) is 0 Å². The summed E-state index contributed by atoms with van der Waals surface area (Å²) >= 11 is 5.94. The fourth-order valence-electron chi connectivity index (χ4n) is 1.63. The predicted molar refractivity (Wildman–Crippen MR) is 71.7 cm³/mol. The molecule has 0 aliphatic heterocycles. The summed E-state index contributed by atoms with van der Waals surface area (Å²) in [5.74, 6) is 1.42. The fourth-order valence-corrected chi connectivity index (χ4v) is 1.82. The third-order valence-corrected chi connectivity index (χ3v) is 2.88. The van der Waals surface area contributed by atoms with Crippen LogP contribution < -0.4 is 5.32 Å². The van der Waals surface area contributed by atoms with Crippen molar-refractivity contribution in [3.63, 3.8) is 0 Å². The van der Waals surface area contributed by atoms with Crippen molar-refractivity contribution in [1.29, 1.82) is 0 Å². The molecule has 2 rings (SSSR count). The van der Waals surface area contributed by atoms with E-state index in [0.29, 0.717) is 16.7 Å². The molecule has 5 heteroatoms. The van der Waals surface area contributed by atoms with E-state index in [4.69, 9.17) is 16.1 Å². The number of hydrogen-bond acceptors (Lipinski definition) is 4. The number of aromatic nitrogens is 2. The van der Waals surface area contributed by atoms with E-state index in [1.807, 2.05) is 24.3 Å². The Labute approximate surface area is 111 Å². The van der Waals surface area contributed by atoms with E-state index in [1.165, 1.54) is 0 Å². The average molecular weight is 266 g/mol. The predicted octanol–water partition coefficient (Wildman–Crippen LogP) is 3.10. The van der Waals surface area contributed by atoms with E-state index in [1.54, 1.807) is 0 Å². The molecule has 0 aliphatic rings. The van der Waals surface area contributed by atoms with Gasteiger partial charge in [-0.15, -0.1) is 0 Å². The van der Waals surface area contributed by atoms with Crippen LogP contribution in [-0.4, -0.2) is 23.2 Å². The van der Waals surface area contributed by atoms with Crippen molar-refractivity contribution >= 4 is 11.6 Å². The maximum Gasteiger partial charge on any atom is 0.231 e. The molecule has 0 aliphatic carbocycles. The van der Waals surface area contributed by atoms with Crippen LogP contribution in [0.1, 0.15) is 25.7 Å². The van der Waals surface area contributed by atoms with Crippen LogP contribution in [0.15, 0.2) is 28.8 Å². The quantitative estimate of drug-likeness (QED) is 0.903. The topological polar surface area (TPSA) is 51.0 Å². The Morgan fingerprint density at radius 3 is 3.00 bits per heavy atom. The molecule has 0 saturated heterocycles. The first-order chi connectivity index (χ1) is 8.70. The molecule has 1 unspecified atom stereocenters. The summed E-state index contributed by atoms with van der Waals surface area (Å²) in [5.41, 5.74) is 0.869. The minimum atomic E-state index is 0.199. The van der Waals surface area contributed by atoms with E-state index in [2.05, 4.69) is 29.3 Å². The van der Waals surface area contributed by atoms with Crippen LogP contribution in [0.25, 0.3) is 11.4 Å². The van der Waals surface area contributed by atoms with Gasteiger partial charge in [-0.1, -0.05) is 42.7 Å². The van der Waals surface area contributed by atoms with Gasteiger partial charge in [0.15, 0.2) is 0 Å². The van der Waals surface area contributed by atoms with Gasteiger partial charge in [0, 0.05) is 23.0 Å². The van der Waals surface area contributed by atoms with Gasteiger partial charge in [-0.2, -0.15) is 4.98 Å². The van der Waals surface area contributed by atoms with Crippen molar-refractivity contribution in [3.8, 4) is 11.4 Å². The molecule has 1 aromatic carbocycles. The first-order valence-corrected chi connectivity index (χ1v) is 6.38. The standard InChI is InChI=1S/C13H16ClN3O/c1-3-15-8-9(2)13-16-12(17-18-13)10-5-4-6-11(14)7-10/h4-7,9,15H,3,8H2,1-2H3. The third-order valence-electron chi connectivity index (χ3n) is 2.65. The summed E-state index contributed by atoms with van der Waals surface area (Å²) in [5, 5.41) is 7.91. The lowest BCUT2D eigenvalue weighted by molar-refractivity contribution is 0.355. The molecule has 4 nitrogen and oxygen atoms in total. The zero-order valence-corrected chi connectivity index (χ0v) is 11.2. The molecule has 0 fully saturated rings. The van der Waals surface area contributed by atoms with E-state index >= 15 is 0 Å². The molecule has 1 heterocycles. The molecule has 0 saturated carbocycles. The van der Waals surface area contributed by atoms with Gasteiger partial charge < -0.3 is 9.84 Å². The van der Waals surface area contributed by atoms with Crippen LogP contribution in [0.5, 0.6) is 0 Å². The number of likely N-dealkylation sites (N-methyl/N-ethyl adjacent to an activating group) is 1. The molecule has 1 N–H and O–H groups in total. The Bertz CT molecular complexity index is 512. The van der Waals surface area contributed by atoms with Crippen LogP contribution >= 0.6 is 11.6 Å². The summed E-state index contributed by atoms with van der Waals surface area (Å²) in [7, 11) is 0. The lowest BCUT2D eigenvalue weighted by atomic mass is 10.2. The molecule has 2 aromatic rings. The second kappa shape index (κ2) is 5.98. The van der Waals surface area contributed by atoms with E-state index in [9.17, 15) is 0 Å². The molecule has 0 radical (unpaired) electrons. The molecule has 18 heavy (non-hydrogen) atoms. The summed E-state index contributed by atoms with van der Waals surface area (Å²) in [6, 6.07) is 7.43. The summed E-state index contributed by atoms with van der Waals surface area (Å²) in [6.07, 6.45) is 0. The Morgan fingerprint density at radius 1 is 1.44 bits per heavy atom. The smallest absolute Gasteiger partial charge is 0.231 e. The molecule has 1 atom stereocenters. The Morgan fingerprint density at radius 2 is 2.28 bits per heavy atom. The number of benzene rings is 1. The van der Waals surface area contributed by atoms with Crippen molar-refractivity contribution in [3.05, 3.63) is 35.2 Å². The lowest BCUT2D eigenvalue weighted by Crippen LogP contribution is -2.19. The van der Waals surface area contributed by atoms with Gasteiger partial charge in [-0.3, -0.25) is 0 Å². The molecule has 0 spiro atoms. The second-order valence-electron chi connectivity index (χ2n) is 4.18. The highest BCUT2D eigenvalue weighted by Crippen LogP contribution is 2.22. The largest absolute Gasteiger partial charge is 0.339 e. The van der Waals surface area contributed by atoms with Crippen molar-refractivity contribution in [2.24, 2.45) is 0 Å². The zero-order valence-electron chi connectivity index (χ0n) is 10.5. The molecule has 0 amide bonds. The fraction of sp³-hybridized carbons (Fsp3) is 0.385. The molecule has 96 valence electrons. The van der Waals surface area contributed by atoms with Gasteiger partial charge in [-0.05, 0) is 18.7 Å². The Balaban J connectivity index is 2.15. The van der Waals surface area contributed by atoms with Crippen molar-refractivity contribution in [2.75, 3.05) is 13.1 Å². The highest BCUT2D eigenvalue weighted by atomic mass is 35.5. The van der Waals surface area contributed by atoms with Gasteiger partial charge in [0.25, 0.3) is 0 Å². The summed E-state index contributed by atoms with van der Waals surface area (Å²) in [6.45, 7) is 5.88. The maximum absolute atomic E-state index is 5.94. The van der Waals surface area contributed by atoms with Crippen LogP contribution in [0, 0.1) is 0 Å². The summed E-state index contributed by atoms with van der Waals surface area (Å²) < 4.78 is 5.27. The van der Waals surface area contributed by atoms with Crippen LogP contribution in [0.3, 0.4) is 0 Å². The highest BCUT2D eigenvalue weighted by molar-refractivity contribution is 6.30. The third kappa shape index (κ3) is 3.09. The lowest BCUT2D eigenvalue weighted by Gasteiger charge is -2.05. The first kappa shape index (κ1) is 13.1. The van der Waals surface area contributed by atoms with Crippen LogP contribution in [0.2, 0.25) is 5.02 Å². The molecule has 1 aromatic heterocycles. The van der Waals surface area contributed by atoms with Gasteiger partial charge >= 0.3 is 0 Å². The SMILES string of the molecule is CCNCC(C)c1nc(-c2cccc(Cl)c2)no1. The first-order valence-electron chi connectivity index (χ1n) is 6.01. The minimum Gasteiger partial charge on any atom is -0.339 e. The number of nitrogens with zero attached hydrogens (tertiary/aromatic N) is 2. The van der Waals surface area contributed by atoms with Gasteiger partial charge in [0.05, 0.1) is 0 Å². The number of hydrogen-bond donors (Lipinski definition) is 1. The Hall–Kier alpha value is -1.39. The monoisotopic (exact) mass is 265 g/mol. The molecule has 0 bridgehead atoms. The van der Waals surface area contributed by atoms with Crippen molar-refractivity contribution < 1.29 is 4.52 Å². The molecular formula is C13H16ClN3O. The van der Waals surface area contributed by atoms with Gasteiger partial charge in [-0.25, -0.2) is 0 Å². The minimum absolute atomic E-state index is 0.199. The Kier molecular flexibility index (Phi) is 4.33. The highest BCUT2D eigenvalue weighted by Gasteiger charge is 2.14. The summed E-state index contributed by atoms with van der Waals surface area (Å²) in [4.78, 5) is 4.40. The van der Waals surface area contributed by atoms with Crippen LogP contribution in [0.4, 0.5) is 0 Å². The normalized spacial score (nSPS) is 12.6. The van der Waals surface area contributed by atoms with E-state index in [-0.39, 0.29) is 5.92 Å². The number of nitrogens with one attached hydrogen (secondary N) is 1. The van der Waals surface area contributed by atoms with Crippen molar-refractivity contribution in [1.82, 2.24) is 15.5 Å². The number of rotatable bonds is 5.